The Morgan fingerprint density at radius 2 is 0.966 bits per heavy atom. The number of nitrogens with zero attached hydrogens (tertiary/aromatic N) is 2. The molecule has 0 atom stereocenters. The van der Waals surface area contributed by atoms with Crippen molar-refractivity contribution in [1.29, 1.82) is 0 Å². The molecule has 2 heterocycles. The van der Waals surface area contributed by atoms with Crippen molar-refractivity contribution in [3.8, 4) is 0 Å². The van der Waals surface area contributed by atoms with Gasteiger partial charge in [-0.2, -0.15) is 0 Å². The van der Waals surface area contributed by atoms with Crippen molar-refractivity contribution in [3.05, 3.63) is 47.8 Å². The zero-order chi connectivity index (χ0) is 19.2. The van der Waals surface area contributed by atoms with Gasteiger partial charge in [0.2, 0.25) is 0 Å². The summed E-state index contributed by atoms with van der Waals surface area (Å²) in [7, 11) is 0. The van der Waals surface area contributed by atoms with E-state index in [9.17, 15) is 0 Å². The summed E-state index contributed by atoms with van der Waals surface area (Å²) in [6.45, 7) is 4.91. The number of pyridine rings is 2. The monoisotopic (exact) mass is 564 g/mol. The standard InChI is InChI=1S/C26H32N2.Os/c1-25(13-5-3-6-14-25)21-11-17-27-23-19(21)9-10-20-22(12-18-28-24(20)23)26(2)15-7-4-8-16-26;/h9-12,17-18H,3-8,13-16H2,1-2H3;. The van der Waals surface area contributed by atoms with E-state index in [0.717, 1.165) is 11.0 Å². The summed E-state index contributed by atoms with van der Waals surface area (Å²) in [6.07, 6.45) is 17.3. The summed E-state index contributed by atoms with van der Waals surface area (Å²) in [5.74, 6) is 0. The first-order chi connectivity index (χ1) is 13.6. The van der Waals surface area contributed by atoms with Gasteiger partial charge in [-0.15, -0.1) is 0 Å². The molecule has 2 fully saturated rings. The van der Waals surface area contributed by atoms with E-state index in [1.165, 1.54) is 86.1 Å². The topological polar surface area (TPSA) is 25.8 Å². The molecule has 0 spiro atoms. The van der Waals surface area contributed by atoms with Crippen LogP contribution in [0.4, 0.5) is 0 Å². The molecule has 0 N–H and O–H groups in total. The van der Waals surface area contributed by atoms with Crippen molar-refractivity contribution in [1.82, 2.24) is 9.97 Å². The third kappa shape index (κ3) is 3.55. The third-order valence-electron chi connectivity index (χ3n) is 7.84. The van der Waals surface area contributed by atoms with Crippen molar-refractivity contribution in [2.24, 2.45) is 0 Å². The normalized spacial score (nSPS) is 21.0. The molecule has 1 aromatic carbocycles. The van der Waals surface area contributed by atoms with E-state index in [2.05, 4.69) is 38.1 Å². The molecule has 3 aromatic rings. The Morgan fingerprint density at radius 3 is 1.34 bits per heavy atom. The second-order valence-corrected chi connectivity index (χ2v) is 9.82. The van der Waals surface area contributed by atoms with Crippen LogP contribution in [0.25, 0.3) is 21.8 Å². The Hall–Kier alpha value is -1.32. The first kappa shape index (κ1) is 20.9. The summed E-state index contributed by atoms with van der Waals surface area (Å²) in [6, 6.07) is 9.23. The van der Waals surface area contributed by atoms with Crippen LogP contribution in [0.2, 0.25) is 0 Å². The molecule has 0 unspecified atom stereocenters. The van der Waals surface area contributed by atoms with Crippen molar-refractivity contribution in [3.63, 3.8) is 0 Å². The molecular weight excluding hydrogens is 531 g/mol. The van der Waals surface area contributed by atoms with Gasteiger partial charge in [0.15, 0.2) is 0 Å². The van der Waals surface area contributed by atoms with Crippen LogP contribution in [0, 0.1) is 0 Å². The molecule has 0 bridgehead atoms. The molecule has 0 amide bonds. The molecule has 0 radical (unpaired) electrons. The van der Waals surface area contributed by atoms with Crippen LogP contribution in [-0.4, -0.2) is 9.97 Å². The van der Waals surface area contributed by atoms with Crippen molar-refractivity contribution in [2.45, 2.75) is 88.9 Å². The summed E-state index contributed by atoms with van der Waals surface area (Å²) in [4.78, 5) is 9.68. The van der Waals surface area contributed by atoms with E-state index in [4.69, 9.17) is 9.97 Å². The number of hydrogen-bond donors (Lipinski definition) is 0. The van der Waals surface area contributed by atoms with Gasteiger partial charge in [0.25, 0.3) is 0 Å². The van der Waals surface area contributed by atoms with Crippen LogP contribution in [-0.2, 0) is 30.6 Å². The molecule has 0 aliphatic heterocycles. The number of hydrogen-bond acceptors (Lipinski definition) is 2. The molecule has 0 saturated heterocycles. The van der Waals surface area contributed by atoms with Gasteiger partial charge in [-0.05, 0) is 59.8 Å². The SMILES string of the molecule is CC1(c2ccnc3c2ccc2c(C4(C)CCCCC4)ccnc23)CCCCC1.[Os]. The van der Waals surface area contributed by atoms with E-state index in [1.807, 2.05) is 12.4 Å². The molecular formula is C26H32N2Os. The van der Waals surface area contributed by atoms with Crippen LogP contribution in [0.1, 0.15) is 89.2 Å². The predicted octanol–water partition coefficient (Wildman–Crippen LogP) is 7.22. The zero-order valence-corrected chi connectivity index (χ0v) is 20.3. The minimum absolute atomic E-state index is 0. The van der Waals surface area contributed by atoms with Gasteiger partial charge in [-0.3, -0.25) is 9.97 Å². The van der Waals surface area contributed by atoms with Gasteiger partial charge in [0.05, 0.1) is 11.0 Å². The first-order valence-corrected chi connectivity index (χ1v) is 11.3. The molecule has 2 aliphatic carbocycles. The first-order valence-electron chi connectivity index (χ1n) is 11.3. The largest absolute Gasteiger partial charge is 0.254 e. The van der Waals surface area contributed by atoms with Gasteiger partial charge in [0, 0.05) is 43.0 Å². The fourth-order valence-electron chi connectivity index (χ4n) is 6.08. The molecule has 2 saturated carbocycles. The minimum Gasteiger partial charge on any atom is -0.254 e. The van der Waals surface area contributed by atoms with Crippen LogP contribution >= 0.6 is 0 Å². The maximum atomic E-state index is 4.84. The number of rotatable bonds is 2. The smallest absolute Gasteiger partial charge is 0.0967 e. The number of benzene rings is 1. The summed E-state index contributed by atoms with van der Waals surface area (Å²) >= 11 is 0. The molecule has 3 heteroatoms. The minimum atomic E-state index is 0. The summed E-state index contributed by atoms with van der Waals surface area (Å²) in [5, 5.41) is 2.63. The molecule has 29 heavy (non-hydrogen) atoms. The van der Waals surface area contributed by atoms with E-state index in [0.29, 0.717) is 0 Å². The van der Waals surface area contributed by atoms with Crippen molar-refractivity contribution < 1.29 is 19.8 Å². The van der Waals surface area contributed by atoms with Crippen LogP contribution in [0.5, 0.6) is 0 Å². The number of aromatic nitrogens is 2. The van der Waals surface area contributed by atoms with Gasteiger partial charge >= 0.3 is 0 Å². The predicted molar refractivity (Wildman–Crippen MR) is 118 cm³/mol. The van der Waals surface area contributed by atoms with Gasteiger partial charge < -0.3 is 0 Å². The van der Waals surface area contributed by atoms with E-state index in [1.54, 1.807) is 0 Å². The maximum Gasteiger partial charge on any atom is 0.0967 e. The Morgan fingerprint density at radius 1 is 0.586 bits per heavy atom. The molecule has 5 rings (SSSR count). The Bertz CT molecular complexity index is 931. The summed E-state index contributed by atoms with van der Waals surface area (Å²) < 4.78 is 0. The molecule has 2 aliphatic rings. The Labute approximate surface area is 188 Å². The van der Waals surface area contributed by atoms with E-state index < -0.39 is 0 Å². The van der Waals surface area contributed by atoms with Crippen molar-refractivity contribution >= 4 is 21.8 Å². The fraction of sp³-hybridized carbons (Fsp3) is 0.538. The second-order valence-electron chi connectivity index (χ2n) is 9.82. The summed E-state index contributed by atoms with van der Waals surface area (Å²) in [5.41, 5.74) is 5.72. The quantitative estimate of drug-likeness (QED) is 0.308. The van der Waals surface area contributed by atoms with Gasteiger partial charge in [-0.25, -0.2) is 0 Å². The molecule has 2 nitrogen and oxygen atoms in total. The number of fused-ring (bicyclic) bond motifs is 3. The second kappa shape index (κ2) is 8.07. The van der Waals surface area contributed by atoms with Crippen LogP contribution < -0.4 is 0 Å². The average Bonchev–Trinajstić information content (AvgIpc) is 2.73. The molecule has 154 valence electrons. The third-order valence-corrected chi connectivity index (χ3v) is 7.84. The molecule has 2 aromatic heterocycles. The fourth-order valence-corrected chi connectivity index (χ4v) is 6.08. The van der Waals surface area contributed by atoms with Gasteiger partial charge in [0.1, 0.15) is 0 Å². The van der Waals surface area contributed by atoms with E-state index in [-0.39, 0.29) is 30.6 Å². The van der Waals surface area contributed by atoms with E-state index >= 15 is 0 Å². The van der Waals surface area contributed by atoms with Crippen LogP contribution in [0.3, 0.4) is 0 Å². The maximum absolute atomic E-state index is 4.84. The van der Waals surface area contributed by atoms with Gasteiger partial charge in [-0.1, -0.05) is 64.5 Å². The average molecular weight is 563 g/mol. The Kier molecular flexibility index (Phi) is 5.83. The van der Waals surface area contributed by atoms with Crippen LogP contribution in [0.15, 0.2) is 36.7 Å². The van der Waals surface area contributed by atoms with Crippen molar-refractivity contribution in [2.75, 3.05) is 0 Å². The zero-order valence-electron chi connectivity index (χ0n) is 17.8. The Balaban J connectivity index is 0.00000205.